The number of phenolic OH excluding ortho intramolecular Hbond substituents is 1. The fourth-order valence-electron chi connectivity index (χ4n) is 4.26. The summed E-state index contributed by atoms with van der Waals surface area (Å²) in [5, 5.41) is 12.5. The summed E-state index contributed by atoms with van der Waals surface area (Å²) < 4.78 is 13.1. The van der Waals surface area contributed by atoms with E-state index in [1.807, 2.05) is 0 Å². The van der Waals surface area contributed by atoms with Crippen molar-refractivity contribution >= 4 is 29.1 Å². The van der Waals surface area contributed by atoms with E-state index < -0.39 is 0 Å². The molecule has 0 aliphatic carbocycles. The fourth-order valence-corrected chi connectivity index (χ4v) is 5.45. The molecule has 2 aliphatic rings. The van der Waals surface area contributed by atoms with Gasteiger partial charge in [-0.2, -0.15) is 0 Å². The third kappa shape index (κ3) is 5.46. The molecule has 1 saturated heterocycles. The number of fused-ring (bicyclic) bond motifs is 1. The molecule has 2 aromatic rings. The highest BCUT2D eigenvalue weighted by atomic mass is 32.2. The van der Waals surface area contributed by atoms with Gasteiger partial charge in [-0.25, -0.2) is 4.39 Å². The van der Waals surface area contributed by atoms with Crippen LogP contribution < -0.4 is 5.32 Å². The topological polar surface area (TPSA) is 69.6 Å². The van der Waals surface area contributed by atoms with Crippen molar-refractivity contribution in [3.8, 4) is 5.75 Å². The number of anilines is 1. The first-order chi connectivity index (χ1) is 15.0. The predicted molar refractivity (Wildman–Crippen MR) is 120 cm³/mol. The normalized spacial score (nSPS) is 19.6. The number of halogens is 1. The van der Waals surface area contributed by atoms with Crippen molar-refractivity contribution in [3.05, 3.63) is 53.8 Å². The maximum Gasteiger partial charge on any atom is 0.237 e. The molecule has 0 bridgehead atoms. The summed E-state index contributed by atoms with van der Waals surface area (Å²) in [7, 11) is 0. The van der Waals surface area contributed by atoms with Crippen LogP contribution in [0.3, 0.4) is 0 Å². The van der Waals surface area contributed by atoms with Crippen LogP contribution in [0.15, 0.2) is 47.4 Å². The van der Waals surface area contributed by atoms with Crippen molar-refractivity contribution in [2.45, 2.75) is 42.2 Å². The Morgan fingerprint density at radius 1 is 1.13 bits per heavy atom. The van der Waals surface area contributed by atoms with Gasteiger partial charge in [-0.1, -0.05) is 6.42 Å². The molecule has 1 amide bonds. The Morgan fingerprint density at radius 2 is 1.87 bits per heavy atom. The molecule has 0 spiro atoms. The van der Waals surface area contributed by atoms with Gasteiger partial charge in [-0.3, -0.25) is 9.59 Å². The number of benzene rings is 2. The monoisotopic (exact) mass is 442 g/mol. The fraction of sp³-hybridized carbons (Fsp3) is 0.417. The van der Waals surface area contributed by atoms with Crippen molar-refractivity contribution in [1.29, 1.82) is 0 Å². The van der Waals surface area contributed by atoms with Gasteiger partial charge < -0.3 is 15.3 Å². The molecule has 2 heterocycles. The van der Waals surface area contributed by atoms with Crippen LogP contribution in [-0.4, -0.2) is 46.6 Å². The first kappa shape index (κ1) is 21.8. The summed E-state index contributed by atoms with van der Waals surface area (Å²) in [5.41, 5.74) is 1.36. The number of likely N-dealkylation sites (tertiary alicyclic amines) is 1. The number of aromatic hydroxyl groups is 1. The lowest BCUT2D eigenvalue weighted by atomic mass is 9.89. The highest BCUT2D eigenvalue weighted by Gasteiger charge is 2.28. The Morgan fingerprint density at radius 3 is 2.61 bits per heavy atom. The molecule has 0 radical (unpaired) electrons. The summed E-state index contributed by atoms with van der Waals surface area (Å²) in [6.07, 6.45) is 4.42. The molecule has 5 nitrogen and oxygen atoms in total. The van der Waals surface area contributed by atoms with Gasteiger partial charge in [0.1, 0.15) is 11.6 Å². The second-order valence-corrected chi connectivity index (χ2v) is 9.50. The number of amides is 1. The van der Waals surface area contributed by atoms with E-state index in [1.54, 1.807) is 30.3 Å². The van der Waals surface area contributed by atoms with Crippen molar-refractivity contribution in [3.63, 3.8) is 0 Å². The van der Waals surface area contributed by atoms with Gasteiger partial charge in [0, 0.05) is 16.4 Å². The van der Waals surface area contributed by atoms with E-state index in [1.165, 1.54) is 23.9 Å². The summed E-state index contributed by atoms with van der Waals surface area (Å²) in [6, 6.07) is 10.8. The van der Waals surface area contributed by atoms with E-state index >= 15 is 0 Å². The van der Waals surface area contributed by atoms with Crippen LogP contribution in [0.25, 0.3) is 0 Å². The zero-order chi connectivity index (χ0) is 21.8. The molecule has 1 unspecified atom stereocenters. The molecule has 2 aliphatic heterocycles. The van der Waals surface area contributed by atoms with Crippen LogP contribution in [0.4, 0.5) is 10.1 Å². The maximum absolute atomic E-state index is 13.1. The molecule has 164 valence electrons. The van der Waals surface area contributed by atoms with Gasteiger partial charge in [0.2, 0.25) is 5.91 Å². The van der Waals surface area contributed by atoms with Gasteiger partial charge in [0.05, 0.1) is 10.9 Å². The zero-order valence-electron chi connectivity index (χ0n) is 17.4. The molecule has 1 atom stereocenters. The van der Waals surface area contributed by atoms with Gasteiger partial charge in [-0.05, 0) is 87.8 Å². The SMILES string of the molecule is O=C(c1ccc(F)cc1)C1CCN(CCCCC2Sc3cc(O)ccc3NC2=O)CC1. The van der Waals surface area contributed by atoms with Gasteiger partial charge >= 0.3 is 0 Å². The summed E-state index contributed by atoms with van der Waals surface area (Å²) in [4.78, 5) is 28.2. The number of Topliss-reactive ketones (excluding diaryl/α,β-unsaturated/α-hetero) is 1. The van der Waals surface area contributed by atoms with E-state index in [9.17, 15) is 19.1 Å². The number of rotatable bonds is 7. The third-order valence-electron chi connectivity index (χ3n) is 6.06. The van der Waals surface area contributed by atoms with Gasteiger partial charge in [0.25, 0.3) is 0 Å². The van der Waals surface area contributed by atoms with Crippen LogP contribution in [0, 0.1) is 11.7 Å². The first-order valence-electron chi connectivity index (χ1n) is 10.8. The van der Waals surface area contributed by atoms with Crippen molar-refractivity contribution in [2.75, 3.05) is 25.0 Å². The van der Waals surface area contributed by atoms with Crippen LogP contribution >= 0.6 is 11.8 Å². The number of piperidine rings is 1. The molecule has 2 N–H and O–H groups in total. The van der Waals surface area contributed by atoms with Crippen LogP contribution in [-0.2, 0) is 4.79 Å². The average molecular weight is 443 g/mol. The van der Waals surface area contributed by atoms with E-state index in [2.05, 4.69) is 10.2 Å². The number of carbonyl (C=O) groups is 2. The lowest BCUT2D eigenvalue weighted by Gasteiger charge is -2.31. The Balaban J connectivity index is 1.17. The van der Waals surface area contributed by atoms with Crippen molar-refractivity contribution in [1.82, 2.24) is 4.90 Å². The largest absolute Gasteiger partial charge is 0.508 e. The summed E-state index contributed by atoms with van der Waals surface area (Å²) in [5.74, 6) is 0.0513. The smallest absolute Gasteiger partial charge is 0.237 e. The van der Waals surface area contributed by atoms with Gasteiger partial charge in [-0.15, -0.1) is 11.8 Å². The molecule has 0 saturated carbocycles. The number of hydrogen-bond acceptors (Lipinski definition) is 5. The maximum atomic E-state index is 13.1. The quantitative estimate of drug-likeness (QED) is 0.369. The number of unbranched alkanes of at least 4 members (excludes halogenated alkanes) is 1. The Bertz CT molecular complexity index is 942. The number of thioether (sulfide) groups is 1. The Kier molecular flexibility index (Phi) is 6.92. The minimum absolute atomic E-state index is 0.0144. The van der Waals surface area contributed by atoms with Crippen LogP contribution in [0.2, 0.25) is 0 Å². The molecule has 4 rings (SSSR count). The minimum atomic E-state index is -0.321. The molecular formula is C24H27FN2O3S. The van der Waals surface area contributed by atoms with E-state index in [-0.39, 0.29) is 34.4 Å². The summed E-state index contributed by atoms with van der Waals surface area (Å²) >= 11 is 1.52. The van der Waals surface area contributed by atoms with Gasteiger partial charge in [0.15, 0.2) is 5.78 Å². The number of nitrogens with zero attached hydrogens (tertiary/aromatic N) is 1. The Labute approximate surface area is 186 Å². The molecule has 0 aromatic heterocycles. The van der Waals surface area contributed by atoms with E-state index in [0.717, 1.165) is 62.3 Å². The highest BCUT2D eigenvalue weighted by Crippen LogP contribution is 2.39. The molecular weight excluding hydrogens is 415 g/mol. The number of phenols is 1. The van der Waals surface area contributed by atoms with Crippen LogP contribution in [0.5, 0.6) is 5.75 Å². The second kappa shape index (κ2) is 9.83. The molecule has 1 fully saturated rings. The average Bonchev–Trinajstić information content (AvgIpc) is 2.77. The molecule has 2 aromatic carbocycles. The predicted octanol–water partition coefficient (Wildman–Crippen LogP) is 4.71. The standard InChI is InChI=1S/C24H27FN2O3S/c25-18-6-4-16(5-7-18)23(29)17-10-13-27(14-11-17)12-2-1-3-21-24(30)26-20-9-8-19(28)15-22(20)31-21/h4-9,15,17,21,28H,1-3,10-14H2,(H,26,30). The second-order valence-electron chi connectivity index (χ2n) is 8.26. The number of ketones is 1. The van der Waals surface area contributed by atoms with Crippen LogP contribution in [0.1, 0.15) is 42.5 Å². The number of hydrogen-bond donors (Lipinski definition) is 2. The lowest BCUT2D eigenvalue weighted by Crippen LogP contribution is -2.37. The minimum Gasteiger partial charge on any atom is -0.508 e. The molecule has 7 heteroatoms. The zero-order valence-corrected chi connectivity index (χ0v) is 18.2. The van der Waals surface area contributed by atoms with Crippen molar-refractivity contribution in [2.24, 2.45) is 5.92 Å². The summed E-state index contributed by atoms with van der Waals surface area (Å²) in [6.45, 7) is 2.75. The van der Waals surface area contributed by atoms with E-state index in [4.69, 9.17) is 0 Å². The lowest BCUT2D eigenvalue weighted by molar-refractivity contribution is -0.115. The number of nitrogens with one attached hydrogen (secondary N) is 1. The van der Waals surface area contributed by atoms with E-state index in [0.29, 0.717) is 5.56 Å². The third-order valence-corrected chi connectivity index (χ3v) is 7.39. The number of carbonyl (C=O) groups excluding carboxylic acids is 2. The Hall–Kier alpha value is -2.38. The highest BCUT2D eigenvalue weighted by molar-refractivity contribution is 8.01. The molecule has 31 heavy (non-hydrogen) atoms. The first-order valence-corrected chi connectivity index (χ1v) is 11.7. The van der Waals surface area contributed by atoms with Crippen molar-refractivity contribution < 1.29 is 19.1 Å².